The van der Waals surface area contributed by atoms with Crippen LogP contribution in [-0.4, -0.2) is 33.4 Å². The fraction of sp³-hybridized carbons (Fsp3) is 0.200. The van der Waals surface area contributed by atoms with Crippen LogP contribution in [0.2, 0.25) is 0 Å². The van der Waals surface area contributed by atoms with Gasteiger partial charge in [-0.1, -0.05) is 30.3 Å². The molecule has 3 aromatic rings. The van der Waals surface area contributed by atoms with Crippen molar-refractivity contribution in [1.29, 1.82) is 0 Å². The van der Waals surface area contributed by atoms with Gasteiger partial charge in [0.1, 0.15) is 28.6 Å². The number of phenolic OH excluding ortho intramolecular Hbond substituents is 1. The van der Waals surface area contributed by atoms with Gasteiger partial charge in [0.15, 0.2) is 0 Å². The van der Waals surface area contributed by atoms with Crippen molar-refractivity contribution >= 4 is 27.8 Å². The van der Waals surface area contributed by atoms with Gasteiger partial charge < -0.3 is 9.84 Å². The van der Waals surface area contributed by atoms with E-state index in [9.17, 15) is 5.11 Å². The number of hydrogen-bond acceptors (Lipinski definition) is 4. The van der Waals surface area contributed by atoms with Crippen molar-refractivity contribution in [2.75, 3.05) is 28.3 Å². The molecule has 0 heterocycles. The highest BCUT2D eigenvalue weighted by Gasteiger charge is 2.20. The number of methoxy groups -OCH3 is 1. The molecule has 0 bridgehead atoms. The second-order valence-electron chi connectivity index (χ2n) is 6.69. The smallest absolute Gasteiger partial charge is 0.146 e. The number of quaternary nitrogens is 1. The third-order valence-corrected chi connectivity index (χ3v) is 4.04. The Morgan fingerprint density at radius 2 is 1.64 bits per heavy atom. The Morgan fingerprint density at radius 3 is 2.36 bits per heavy atom. The van der Waals surface area contributed by atoms with Crippen LogP contribution in [0.5, 0.6) is 11.5 Å². The molecule has 0 aliphatic heterocycles. The van der Waals surface area contributed by atoms with Crippen molar-refractivity contribution in [2.24, 2.45) is 10.2 Å². The molecule has 128 valence electrons. The molecule has 5 heteroatoms. The lowest BCUT2D eigenvalue weighted by atomic mass is 10.0. The van der Waals surface area contributed by atoms with Crippen LogP contribution >= 0.6 is 0 Å². The number of benzene rings is 3. The van der Waals surface area contributed by atoms with E-state index in [1.807, 2.05) is 48.5 Å². The summed E-state index contributed by atoms with van der Waals surface area (Å²) in [6, 6.07) is 17.0. The number of nitrogens with zero attached hydrogens (tertiary/aromatic N) is 3. The number of ether oxygens (including phenoxy) is 1. The van der Waals surface area contributed by atoms with E-state index in [4.69, 9.17) is 4.74 Å². The van der Waals surface area contributed by atoms with Crippen LogP contribution in [0, 0.1) is 0 Å². The Balaban J connectivity index is 2.22. The first-order valence-corrected chi connectivity index (χ1v) is 8.03. The summed E-state index contributed by atoms with van der Waals surface area (Å²) in [6.45, 7) is 0. The van der Waals surface area contributed by atoms with Crippen LogP contribution in [0.15, 0.2) is 64.8 Å². The molecule has 0 fully saturated rings. The second-order valence-corrected chi connectivity index (χ2v) is 6.69. The molecule has 0 aliphatic carbocycles. The van der Waals surface area contributed by atoms with E-state index in [-0.39, 0.29) is 5.75 Å². The van der Waals surface area contributed by atoms with Crippen molar-refractivity contribution in [3.8, 4) is 11.5 Å². The van der Waals surface area contributed by atoms with E-state index < -0.39 is 0 Å². The topological polar surface area (TPSA) is 54.2 Å². The Bertz CT molecular complexity index is 943. The monoisotopic (exact) mass is 336 g/mol. The zero-order valence-electron chi connectivity index (χ0n) is 14.9. The molecule has 3 rings (SSSR count). The van der Waals surface area contributed by atoms with Gasteiger partial charge in [0.25, 0.3) is 0 Å². The molecule has 0 saturated carbocycles. The molecule has 0 atom stereocenters. The number of aromatic hydroxyl groups is 1. The quantitative estimate of drug-likeness (QED) is 0.528. The lowest BCUT2D eigenvalue weighted by Crippen LogP contribution is -2.34. The van der Waals surface area contributed by atoms with Gasteiger partial charge in [0, 0.05) is 0 Å². The van der Waals surface area contributed by atoms with E-state index in [2.05, 4.69) is 31.4 Å². The summed E-state index contributed by atoms with van der Waals surface area (Å²) in [5, 5.41) is 21.0. The maximum Gasteiger partial charge on any atom is 0.146 e. The Hall–Kier alpha value is -2.92. The summed E-state index contributed by atoms with van der Waals surface area (Å²) in [7, 11) is 7.85. The van der Waals surface area contributed by atoms with Gasteiger partial charge in [-0.25, -0.2) is 0 Å². The zero-order valence-corrected chi connectivity index (χ0v) is 14.9. The van der Waals surface area contributed by atoms with Gasteiger partial charge in [-0.2, -0.15) is 0 Å². The average Bonchev–Trinajstić information content (AvgIpc) is 2.59. The number of phenols is 1. The van der Waals surface area contributed by atoms with Gasteiger partial charge in [0.05, 0.1) is 33.6 Å². The molecule has 0 amide bonds. The molecular formula is C20H22N3O2+. The first-order chi connectivity index (χ1) is 11.9. The number of para-hydroxylation sites is 1. The van der Waals surface area contributed by atoms with Gasteiger partial charge in [-0.15, -0.1) is 10.2 Å². The van der Waals surface area contributed by atoms with E-state index in [1.54, 1.807) is 13.2 Å². The van der Waals surface area contributed by atoms with Crippen molar-refractivity contribution < 1.29 is 9.84 Å². The average molecular weight is 336 g/mol. The highest BCUT2D eigenvalue weighted by Crippen LogP contribution is 2.42. The molecule has 0 radical (unpaired) electrons. The Morgan fingerprint density at radius 1 is 0.880 bits per heavy atom. The molecule has 1 N–H and O–H groups in total. The molecule has 0 spiro atoms. The standard InChI is InChI=1S/C20H21N3O2/c1-23(2,3)16-10-7-8-14-12-13-17(24)20(19(14)16)22-21-15-9-5-6-11-18(15)25-4/h5-13H,1-4H3/p+1. The van der Waals surface area contributed by atoms with Crippen LogP contribution in [0.1, 0.15) is 0 Å². The summed E-state index contributed by atoms with van der Waals surface area (Å²) in [5.74, 6) is 0.741. The third kappa shape index (κ3) is 3.32. The van der Waals surface area contributed by atoms with E-state index in [0.29, 0.717) is 21.6 Å². The van der Waals surface area contributed by atoms with Crippen molar-refractivity contribution in [3.05, 3.63) is 54.6 Å². The maximum atomic E-state index is 10.4. The number of fused-ring (bicyclic) bond motifs is 1. The van der Waals surface area contributed by atoms with Gasteiger partial charge in [0.2, 0.25) is 0 Å². The molecule has 0 saturated heterocycles. The van der Waals surface area contributed by atoms with Crippen LogP contribution in [0.4, 0.5) is 17.1 Å². The largest absolute Gasteiger partial charge is 0.506 e. The Labute approximate surface area is 147 Å². The molecule has 5 nitrogen and oxygen atoms in total. The minimum atomic E-state index is 0.104. The normalized spacial score (nSPS) is 12.0. The minimum absolute atomic E-state index is 0.104. The summed E-state index contributed by atoms with van der Waals surface area (Å²) in [6.07, 6.45) is 0. The molecule has 3 aromatic carbocycles. The zero-order chi connectivity index (χ0) is 18.0. The lowest BCUT2D eigenvalue weighted by molar-refractivity contribution is 0.416. The van der Waals surface area contributed by atoms with Crippen LogP contribution in [-0.2, 0) is 0 Å². The lowest BCUT2D eigenvalue weighted by Gasteiger charge is -2.25. The number of rotatable bonds is 4. The van der Waals surface area contributed by atoms with Crippen molar-refractivity contribution in [1.82, 2.24) is 4.48 Å². The van der Waals surface area contributed by atoms with Crippen molar-refractivity contribution in [3.63, 3.8) is 0 Å². The van der Waals surface area contributed by atoms with Gasteiger partial charge in [-0.3, -0.25) is 4.48 Å². The maximum absolute atomic E-state index is 10.4. The third-order valence-electron chi connectivity index (χ3n) is 4.04. The van der Waals surface area contributed by atoms with Crippen LogP contribution in [0.25, 0.3) is 10.8 Å². The second kappa shape index (κ2) is 6.53. The van der Waals surface area contributed by atoms with Crippen LogP contribution in [0.3, 0.4) is 0 Å². The molecular weight excluding hydrogens is 314 g/mol. The number of azo groups is 1. The van der Waals surface area contributed by atoms with E-state index in [1.165, 1.54) is 0 Å². The summed E-state index contributed by atoms with van der Waals surface area (Å²) >= 11 is 0. The summed E-state index contributed by atoms with van der Waals surface area (Å²) < 4.78 is 5.92. The van der Waals surface area contributed by atoms with E-state index in [0.717, 1.165) is 16.5 Å². The number of hydrogen-bond donors (Lipinski definition) is 1. The summed E-state index contributed by atoms with van der Waals surface area (Å²) in [4.78, 5) is 0. The Kier molecular flexibility index (Phi) is 4.42. The van der Waals surface area contributed by atoms with E-state index >= 15 is 0 Å². The van der Waals surface area contributed by atoms with Gasteiger partial charge in [-0.05, 0) is 29.7 Å². The van der Waals surface area contributed by atoms with Gasteiger partial charge >= 0.3 is 0 Å². The first-order valence-electron chi connectivity index (χ1n) is 8.03. The summed E-state index contributed by atoms with van der Waals surface area (Å²) in [5.41, 5.74) is 2.14. The molecule has 0 aromatic heterocycles. The highest BCUT2D eigenvalue weighted by atomic mass is 16.5. The predicted octanol–water partition coefficient (Wildman–Crippen LogP) is 5.17. The fourth-order valence-electron chi connectivity index (χ4n) is 2.81. The SMILES string of the molecule is COc1ccccc1N=Nc1c(O)ccc2cccc([N+](C)(C)C)c12. The molecule has 0 unspecified atom stereocenters. The van der Waals surface area contributed by atoms with Crippen molar-refractivity contribution in [2.45, 2.75) is 0 Å². The highest BCUT2D eigenvalue weighted by molar-refractivity contribution is 6.03. The van der Waals surface area contributed by atoms with Crippen LogP contribution < -0.4 is 9.22 Å². The predicted molar refractivity (Wildman–Crippen MR) is 102 cm³/mol. The minimum Gasteiger partial charge on any atom is -0.506 e. The molecule has 0 aliphatic rings. The first kappa shape index (κ1) is 16.9. The molecule has 25 heavy (non-hydrogen) atoms. The fourth-order valence-corrected chi connectivity index (χ4v) is 2.81.